The minimum atomic E-state index is -0.457. The summed E-state index contributed by atoms with van der Waals surface area (Å²) >= 11 is 0. The molecule has 1 atom stereocenters. The summed E-state index contributed by atoms with van der Waals surface area (Å²) in [7, 11) is 1.77. The van der Waals surface area contributed by atoms with E-state index in [9.17, 15) is 15.2 Å². The zero-order chi connectivity index (χ0) is 16.6. The number of anilines is 1. The number of imidazole rings is 1. The number of hydrogen-bond donors (Lipinski definition) is 1. The van der Waals surface area contributed by atoms with Crippen LogP contribution in [0.2, 0.25) is 0 Å². The van der Waals surface area contributed by atoms with Crippen LogP contribution >= 0.6 is 0 Å². The third kappa shape index (κ3) is 2.85. The van der Waals surface area contributed by atoms with Crippen molar-refractivity contribution in [2.75, 3.05) is 24.6 Å². The molecular formula is C15H18N4O4. The molecule has 8 heteroatoms. The Bertz CT molecular complexity index is 743. The summed E-state index contributed by atoms with van der Waals surface area (Å²) in [6.07, 6.45) is -0.259. The average molecular weight is 318 g/mol. The van der Waals surface area contributed by atoms with Crippen molar-refractivity contribution in [2.45, 2.75) is 13.0 Å². The normalized spacial score (nSPS) is 18.2. The molecule has 8 nitrogen and oxygen atoms in total. The first-order valence-corrected chi connectivity index (χ1v) is 7.30. The molecule has 1 aromatic carbocycles. The molecule has 1 aliphatic rings. The van der Waals surface area contributed by atoms with Crippen molar-refractivity contribution in [3.63, 3.8) is 0 Å². The predicted molar refractivity (Wildman–Crippen MR) is 83.6 cm³/mol. The maximum absolute atomic E-state index is 11.3. The summed E-state index contributed by atoms with van der Waals surface area (Å²) in [6, 6.07) is 6.87. The maximum atomic E-state index is 11.3. The van der Waals surface area contributed by atoms with Gasteiger partial charge in [-0.05, 0) is 27.6 Å². The molecule has 0 bridgehead atoms. The Labute approximate surface area is 133 Å². The second-order valence-corrected chi connectivity index (χ2v) is 5.52. The highest BCUT2D eigenvalue weighted by molar-refractivity contribution is 5.56. The SMILES string of the molecule is Cc1nc([N+](=O)[O-])c(N2CCO[C@H](c3cccc(O)c3)C2)n1C. The van der Waals surface area contributed by atoms with Gasteiger partial charge in [-0.2, -0.15) is 0 Å². The van der Waals surface area contributed by atoms with Gasteiger partial charge in [0.15, 0.2) is 0 Å². The first-order chi connectivity index (χ1) is 11.0. The second-order valence-electron chi connectivity index (χ2n) is 5.52. The monoisotopic (exact) mass is 318 g/mol. The Kier molecular flexibility index (Phi) is 3.91. The lowest BCUT2D eigenvalue weighted by Gasteiger charge is -2.34. The van der Waals surface area contributed by atoms with Crippen molar-refractivity contribution in [1.82, 2.24) is 9.55 Å². The maximum Gasteiger partial charge on any atom is 0.406 e. The van der Waals surface area contributed by atoms with Crippen LogP contribution in [0.5, 0.6) is 5.75 Å². The minimum absolute atomic E-state index is 0.137. The Balaban J connectivity index is 1.91. The van der Waals surface area contributed by atoms with Crippen LogP contribution in [0.15, 0.2) is 24.3 Å². The summed E-state index contributed by atoms with van der Waals surface area (Å²) in [5, 5.41) is 20.9. The van der Waals surface area contributed by atoms with E-state index in [1.807, 2.05) is 11.0 Å². The smallest absolute Gasteiger partial charge is 0.406 e. The fourth-order valence-corrected chi connectivity index (χ4v) is 2.83. The van der Waals surface area contributed by atoms with Crippen molar-refractivity contribution in [2.24, 2.45) is 7.05 Å². The number of aromatic hydroxyl groups is 1. The van der Waals surface area contributed by atoms with Crippen molar-refractivity contribution < 1.29 is 14.8 Å². The van der Waals surface area contributed by atoms with Gasteiger partial charge in [0.2, 0.25) is 11.6 Å². The van der Waals surface area contributed by atoms with E-state index in [2.05, 4.69) is 4.98 Å². The van der Waals surface area contributed by atoms with Gasteiger partial charge in [0.1, 0.15) is 11.9 Å². The highest BCUT2D eigenvalue weighted by Gasteiger charge is 2.32. The molecule has 0 saturated carbocycles. The molecule has 1 saturated heterocycles. The van der Waals surface area contributed by atoms with E-state index in [1.54, 1.807) is 36.7 Å². The molecule has 23 heavy (non-hydrogen) atoms. The molecule has 3 rings (SSSR count). The molecule has 0 spiro atoms. The van der Waals surface area contributed by atoms with Gasteiger partial charge in [-0.1, -0.05) is 12.1 Å². The van der Waals surface area contributed by atoms with Crippen LogP contribution in [0.25, 0.3) is 0 Å². The van der Waals surface area contributed by atoms with Gasteiger partial charge in [0.25, 0.3) is 0 Å². The molecule has 1 aromatic heterocycles. The summed E-state index contributed by atoms with van der Waals surface area (Å²) in [5.74, 6) is 1.11. The highest BCUT2D eigenvalue weighted by Crippen LogP contribution is 2.33. The third-order valence-corrected chi connectivity index (χ3v) is 4.05. The number of nitrogens with zero attached hydrogens (tertiary/aromatic N) is 4. The molecule has 2 heterocycles. The topological polar surface area (TPSA) is 93.7 Å². The molecule has 122 valence electrons. The first kappa shape index (κ1) is 15.3. The Morgan fingerprint density at radius 2 is 2.26 bits per heavy atom. The third-order valence-electron chi connectivity index (χ3n) is 4.05. The van der Waals surface area contributed by atoms with E-state index >= 15 is 0 Å². The number of aromatic nitrogens is 2. The van der Waals surface area contributed by atoms with E-state index in [0.717, 1.165) is 5.56 Å². The van der Waals surface area contributed by atoms with Crippen LogP contribution in [-0.4, -0.2) is 39.3 Å². The van der Waals surface area contributed by atoms with Crippen LogP contribution < -0.4 is 4.90 Å². The number of phenols is 1. The largest absolute Gasteiger partial charge is 0.508 e. The summed E-state index contributed by atoms with van der Waals surface area (Å²) in [5.41, 5.74) is 0.844. The quantitative estimate of drug-likeness (QED) is 0.686. The predicted octanol–water partition coefficient (Wildman–Crippen LogP) is 1.92. The van der Waals surface area contributed by atoms with Gasteiger partial charge in [-0.15, -0.1) is 0 Å². The number of hydrogen-bond acceptors (Lipinski definition) is 6. The van der Waals surface area contributed by atoms with E-state index in [-0.39, 0.29) is 17.7 Å². The number of phenolic OH excluding ortho intramolecular Hbond substituents is 1. The van der Waals surface area contributed by atoms with Crippen molar-refractivity contribution >= 4 is 11.6 Å². The van der Waals surface area contributed by atoms with Crippen LogP contribution in [0.1, 0.15) is 17.5 Å². The molecule has 1 fully saturated rings. The number of aryl methyl sites for hydroxylation is 1. The lowest BCUT2D eigenvalue weighted by molar-refractivity contribution is -0.388. The zero-order valence-corrected chi connectivity index (χ0v) is 13.0. The Hall–Kier alpha value is -2.61. The van der Waals surface area contributed by atoms with Crippen LogP contribution in [0.4, 0.5) is 11.6 Å². The van der Waals surface area contributed by atoms with Gasteiger partial charge in [0.05, 0.1) is 13.2 Å². The highest BCUT2D eigenvalue weighted by atomic mass is 16.6. The van der Waals surface area contributed by atoms with Gasteiger partial charge in [0, 0.05) is 20.5 Å². The molecule has 0 aliphatic carbocycles. The number of benzene rings is 1. The molecule has 2 aromatic rings. The summed E-state index contributed by atoms with van der Waals surface area (Å²) < 4.78 is 7.49. The lowest BCUT2D eigenvalue weighted by atomic mass is 10.1. The van der Waals surface area contributed by atoms with Crippen LogP contribution in [0.3, 0.4) is 0 Å². The standard InChI is InChI=1S/C15H18N4O4/c1-10-16-14(19(21)22)15(17(10)2)18-6-7-23-13(9-18)11-4-3-5-12(20)8-11/h3-5,8,13,20H,6-7,9H2,1-2H3/t13-/m0/s1. The van der Waals surface area contributed by atoms with Crippen molar-refractivity contribution in [3.05, 3.63) is 45.8 Å². The summed E-state index contributed by atoms with van der Waals surface area (Å²) in [6.45, 7) is 3.20. The number of ether oxygens (including phenoxy) is 1. The first-order valence-electron chi connectivity index (χ1n) is 7.30. The van der Waals surface area contributed by atoms with E-state index < -0.39 is 4.92 Å². The fraction of sp³-hybridized carbons (Fsp3) is 0.400. The molecule has 0 amide bonds. The van der Waals surface area contributed by atoms with Crippen molar-refractivity contribution in [3.8, 4) is 5.75 Å². The molecule has 0 unspecified atom stereocenters. The van der Waals surface area contributed by atoms with Gasteiger partial charge < -0.3 is 24.9 Å². The molecule has 0 radical (unpaired) electrons. The second kappa shape index (κ2) is 5.88. The molecule has 1 aliphatic heterocycles. The Morgan fingerprint density at radius 3 is 2.96 bits per heavy atom. The minimum Gasteiger partial charge on any atom is -0.508 e. The number of nitro groups is 1. The lowest BCUT2D eigenvalue weighted by Crippen LogP contribution is -2.39. The number of rotatable bonds is 3. The van der Waals surface area contributed by atoms with Gasteiger partial charge in [-0.3, -0.25) is 4.57 Å². The zero-order valence-electron chi connectivity index (χ0n) is 13.0. The van der Waals surface area contributed by atoms with E-state index in [4.69, 9.17) is 4.74 Å². The van der Waals surface area contributed by atoms with Gasteiger partial charge in [-0.25, -0.2) is 0 Å². The van der Waals surface area contributed by atoms with Crippen LogP contribution in [-0.2, 0) is 11.8 Å². The van der Waals surface area contributed by atoms with Gasteiger partial charge >= 0.3 is 5.82 Å². The molecular weight excluding hydrogens is 300 g/mol. The summed E-state index contributed by atoms with van der Waals surface area (Å²) in [4.78, 5) is 16.8. The fourth-order valence-electron chi connectivity index (χ4n) is 2.83. The van der Waals surface area contributed by atoms with E-state index in [1.165, 1.54) is 0 Å². The van der Waals surface area contributed by atoms with Crippen LogP contribution in [0, 0.1) is 17.0 Å². The Morgan fingerprint density at radius 1 is 1.48 bits per heavy atom. The van der Waals surface area contributed by atoms with Crippen molar-refractivity contribution in [1.29, 1.82) is 0 Å². The average Bonchev–Trinajstić information content (AvgIpc) is 2.83. The van der Waals surface area contributed by atoms with E-state index in [0.29, 0.717) is 31.3 Å². The number of morpholine rings is 1. The molecule has 1 N–H and O–H groups in total.